The van der Waals surface area contributed by atoms with E-state index in [9.17, 15) is 61.0 Å². The van der Waals surface area contributed by atoms with Crippen molar-refractivity contribution in [3.63, 3.8) is 0 Å². The largest absolute Gasteiger partial charge is 0.405 e. The lowest BCUT2D eigenvalue weighted by atomic mass is 9.95. The van der Waals surface area contributed by atoms with E-state index in [4.69, 9.17) is 28.4 Å². The second kappa shape index (κ2) is 19.4. The summed E-state index contributed by atoms with van der Waals surface area (Å²) in [6, 6.07) is 0. The Morgan fingerprint density at radius 2 is 1.17 bits per heavy atom. The molecule has 3 aliphatic rings. The summed E-state index contributed by atoms with van der Waals surface area (Å²) in [5, 5.41) is 114. The molecular formula is C30H54O18. The van der Waals surface area contributed by atoms with Crippen LogP contribution in [0.4, 0.5) is 0 Å². The van der Waals surface area contributed by atoms with Crippen molar-refractivity contribution in [3.05, 3.63) is 0 Å². The highest BCUT2D eigenvalue weighted by molar-refractivity contribution is 5.69. The maximum Gasteiger partial charge on any atom is 0.360 e. The highest BCUT2D eigenvalue weighted by Crippen LogP contribution is 2.38. The third-order valence-electron chi connectivity index (χ3n) is 8.90. The van der Waals surface area contributed by atoms with Gasteiger partial charge in [0.2, 0.25) is 0 Å². The fourth-order valence-electron chi connectivity index (χ4n) is 6.00. The van der Waals surface area contributed by atoms with Crippen LogP contribution < -0.4 is 0 Å². The Balaban J connectivity index is 1.74. The van der Waals surface area contributed by atoms with Gasteiger partial charge in [-0.1, -0.05) is 58.3 Å². The number of hydrogen-bond acceptors (Lipinski definition) is 18. The van der Waals surface area contributed by atoms with Gasteiger partial charge >= 0.3 is 11.9 Å². The van der Waals surface area contributed by atoms with Crippen LogP contribution in [0.2, 0.25) is 0 Å². The summed E-state index contributed by atoms with van der Waals surface area (Å²) in [4.78, 5) is 13.0. The van der Waals surface area contributed by atoms with E-state index in [1.165, 1.54) is 12.8 Å². The number of ether oxygens (including phenoxy) is 6. The predicted molar refractivity (Wildman–Crippen MR) is 158 cm³/mol. The van der Waals surface area contributed by atoms with Crippen LogP contribution in [0.1, 0.15) is 71.1 Å². The molecule has 0 aromatic rings. The Hall–Kier alpha value is -1.17. The van der Waals surface area contributed by atoms with E-state index in [2.05, 4.69) is 6.92 Å². The van der Waals surface area contributed by atoms with Crippen molar-refractivity contribution in [2.45, 2.75) is 163 Å². The molecule has 0 spiro atoms. The first-order valence-corrected chi connectivity index (χ1v) is 16.7. The number of rotatable bonds is 18. The lowest BCUT2D eigenvalue weighted by Gasteiger charge is -2.51. The Bertz CT molecular complexity index is 940. The fourth-order valence-corrected chi connectivity index (χ4v) is 6.00. The minimum Gasteiger partial charge on any atom is -0.405 e. The molecule has 48 heavy (non-hydrogen) atoms. The molecule has 18 nitrogen and oxygen atoms in total. The van der Waals surface area contributed by atoms with Crippen molar-refractivity contribution in [2.75, 3.05) is 19.8 Å². The van der Waals surface area contributed by atoms with Gasteiger partial charge in [0.1, 0.15) is 67.1 Å². The van der Waals surface area contributed by atoms with Crippen LogP contribution in [-0.4, -0.2) is 174 Å². The van der Waals surface area contributed by atoms with Gasteiger partial charge in [-0.3, -0.25) is 4.79 Å². The summed E-state index contributed by atoms with van der Waals surface area (Å²) in [5.74, 6) is -3.94. The number of carbonyl (C=O) groups excluding carboxylic acids is 1. The first-order valence-electron chi connectivity index (χ1n) is 16.7. The molecule has 0 radical (unpaired) electrons. The molecule has 2 unspecified atom stereocenters. The van der Waals surface area contributed by atoms with Crippen LogP contribution in [0, 0.1) is 0 Å². The Morgan fingerprint density at radius 3 is 1.75 bits per heavy atom. The highest BCUT2D eigenvalue weighted by Gasteiger charge is 2.61. The van der Waals surface area contributed by atoms with Crippen LogP contribution in [-0.2, 0) is 33.2 Å². The summed E-state index contributed by atoms with van der Waals surface area (Å²) in [5.41, 5.74) is 0. The minimum absolute atomic E-state index is 0.177. The molecule has 3 aliphatic heterocycles. The van der Waals surface area contributed by atoms with E-state index >= 15 is 0 Å². The van der Waals surface area contributed by atoms with Gasteiger partial charge < -0.3 is 84.6 Å². The van der Waals surface area contributed by atoms with Crippen LogP contribution in [0.3, 0.4) is 0 Å². The Labute approximate surface area is 278 Å². The fraction of sp³-hybridized carbons (Fsp3) is 0.967. The molecule has 15 atom stereocenters. The summed E-state index contributed by atoms with van der Waals surface area (Å²) >= 11 is 0. The molecule has 18 heteroatoms. The number of carbonyl (C=O) groups is 1. The third kappa shape index (κ3) is 9.99. The Morgan fingerprint density at radius 1 is 0.625 bits per heavy atom. The summed E-state index contributed by atoms with van der Waals surface area (Å²) in [6.07, 6.45) is -17.7. The van der Waals surface area contributed by atoms with Crippen LogP contribution in [0.5, 0.6) is 0 Å². The monoisotopic (exact) mass is 702 g/mol. The van der Waals surface area contributed by atoms with Gasteiger partial charge in [0.15, 0.2) is 18.7 Å². The van der Waals surface area contributed by atoms with Crippen molar-refractivity contribution in [2.24, 2.45) is 0 Å². The average molecular weight is 703 g/mol. The van der Waals surface area contributed by atoms with Gasteiger partial charge in [0.25, 0.3) is 0 Å². The molecule has 0 aliphatic carbocycles. The van der Waals surface area contributed by atoms with E-state index in [1.54, 1.807) is 0 Å². The maximum absolute atomic E-state index is 13.0. The molecule has 0 aromatic carbocycles. The standard InChI is InChI=1S/C30H54O18/c1-2-3-4-5-6-7-8-9-10-11-18(34)47-30(27(41)22(38)19(35)15(12-31)46-30)48-26-17(14-33)44-29(24(40)21(26)37)45-25-16(13-32)43-28(42)23(39)20(25)36/h15-17,19-29,31-33,35-42H,2-14H2,1H3/t15-,16-,17-,19-,20-,21-,22+,23-,24-,25-,26-,27-,28+,29?,30?/m1/s1. The van der Waals surface area contributed by atoms with E-state index in [0.29, 0.717) is 12.8 Å². The van der Waals surface area contributed by atoms with E-state index in [1.807, 2.05) is 0 Å². The summed E-state index contributed by atoms with van der Waals surface area (Å²) < 4.78 is 32.7. The molecule has 0 amide bonds. The topological polar surface area (TPSA) is 295 Å². The molecule has 3 heterocycles. The number of aliphatic hydroxyl groups is 11. The molecule has 0 aromatic heterocycles. The Kier molecular flexibility index (Phi) is 16.7. The minimum atomic E-state index is -2.98. The predicted octanol–water partition coefficient (Wildman–Crippen LogP) is -3.78. The van der Waals surface area contributed by atoms with Gasteiger partial charge in [0.05, 0.1) is 19.8 Å². The highest BCUT2D eigenvalue weighted by atomic mass is 16.9. The van der Waals surface area contributed by atoms with Gasteiger partial charge in [-0.15, -0.1) is 0 Å². The third-order valence-corrected chi connectivity index (χ3v) is 8.90. The molecular weight excluding hydrogens is 648 g/mol. The number of unbranched alkanes of at least 4 members (excludes halogenated alkanes) is 8. The second-order valence-corrected chi connectivity index (χ2v) is 12.5. The van der Waals surface area contributed by atoms with Crippen molar-refractivity contribution in [1.82, 2.24) is 0 Å². The second-order valence-electron chi connectivity index (χ2n) is 12.5. The molecule has 3 rings (SSSR count). The normalized spacial score (nSPS) is 42.1. The molecule has 0 bridgehead atoms. The number of hydrogen-bond donors (Lipinski definition) is 11. The maximum atomic E-state index is 13.0. The van der Waals surface area contributed by atoms with Gasteiger partial charge in [-0.2, -0.15) is 0 Å². The van der Waals surface area contributed by atoms with Crippen LogP contribution in [0.15, 0.2) is 0 Å². The smallest absolute Gasteiger partial charge is 0.360 e. The van der Waals surface area contributed by atoms with E-state index < -0.39 is 118 Å². The van der Waals surface area contributed by atoms with Crippen LogP contribution >= 0.6 is 0 Å². The molecule has 11 N–H and O–H groups in total. The lowest BCUT2D eigenvalue weighted by Crippen LogP contribution is -2.71. The molecule has 0 saturated carbocycles. The van der Waals surface area contributed by atoms with Gasteiger partial charge in [-0.05, 0) is 6.42 Å². The van der Waals surface area contributed by atoms with Crippen molar-refractivity contribution in [1.29, 1.82) is 0 Å². The van der Waals surface area contributed by atoms with Crippen molar-refractivity contribution in [3.8, 4) is 0 Å². The zero-order valence-corrected chi connectivity index (χ0v) is 27.1. The van der Waals surface area contributed by atoms with E-state index in [0.717, 1.165) is 32.1 Å². The molecule has 282 valence electrons. The first kappa shape index (κ1) is 41.3. The van der Waals surface area contributed by atoms with Crippen molar-refractivity contribution >= 4 is 5.97 Å². The molecule has 3 fully saturated rings. The number of aliphatic hydroxyl groups excluding tert-OH is 11. The average Bonchev–Trinajstić information content (AvgIpc) is 3.07. The zero-order chi connectivity index (χ0) is 35.6. The quantitative estimate of drug-likeness (QED) is 0.0371. The zero-order valence-electron chi connectivity index (χ0n) is 27.1. The summed E-state index contributed by atoms with van der Waals surface area (Å²) in [7, 11) is 0. The van der Waals surface area contributed by atoms with Crippen molar-refractivity contribution < 1.29 is 89.4 Å². The van der Waals surface area contributed by atoms with Crippen LogP contribution in [0.25, 0.3) is 0 Å². The molecule has 3 saturated heterocycles. The summed E-state index contributed by atoms with van der Waals surface area (Å²) in [6.45, 7) is -0.570. The number of esters is 1. The van der Waals surface area contributed by atoms with Gasteiger partial charge in [-0.25, -0.2) is 0 Å². The SMILES string of the molecule is CCCCCCCCCCCC(=O)OC1(O[C@H]2[C@H](O)[C@@H](O)C(O[C@H]3[C@H](O)[C@@H](O)[C@@H](O)O[C@@H]3CO)O[C@@H]2CO)O[C@H](CO)[C@@H](O)[C@H](O)[C@H]1O. The first-order chi connectivity index (χ1) is 22.8. The van der Waals surface area contributed by atoms with Gasteiger partial charge in [0, 0.05) is 6.42 Å². The lowest BCUT2D eigenvalue weighted by molar-refractivity contribution is -0.473. The van der Waals surface area contributed by atoms with E-state index in [-0.39, 0.29) is 6.42 Å².